The van der Waals surface area contributed by atoms with E-state index in [0.717, 1.165) is 18.2 Å². The molecule has 7 nitrogen and oxygen atoms in total. The third kappa shape index (κ3) is 4.04. The van der Waals surface area contributed by atoms with Crippen molar-refractivity contribution in [2.45, 2.75) is 4.90 Å². The zero-order chi connectivity index (χ0) is 18.1. The second-order valence-corrected chi connectivity index (χ2v) is 7.79. The molecule has 0 saturated heterocycles. The molecule has 0 fully saturated rings. The van der Waals surface area contributed by atoms with E-state index in [-0.39, 0.29) is 21.2 Å². The van der Waals surface area contributed by atoms with Crippen LogP contribution in [0.25, 0.3) is 0 Å². The molecule has 0 unspecified atom stereocenters. The maximum absolute atomic E-state index is 12.4. The van der Waals surface area contributed by atoms with E-state index in [1.807, 2.05) is 0 Å². The summed E-state index contributed by atoms with van der Waals surface area (Å²) in [7, 11) is -4.19. The lowest BCUT2D eigenvalue weighted by Gasteiger charge is -2.11. The molecule has 2 aromatic rings. The van der Waals surface area contributed by atoms with Crippen LogP contribution in [-0.4, -0.2) is 18.6 Å². The second kappa shape index (κ2) is 7.06. The van der Waals surface area contributed by atoms with Crippen molar-refractivity contribution in [1.29, 1.82) is 0 Å². The minimum Gasteiger partial charge on any atom is -0.279 e. The molecular formula is C13H7BrCl2N2O5S. The second-order valence-electron chi connectivity index (χ2n) is 4.44. The van der Waals surface area contributed by atoms with Gasteiger partial charge in [0.05, 0.1) is 21.1 Å². The summed E-state index contributed by atoms with van der Waals surface area (Å²) in [5.74, 6) is 0. The molecule has 0 spiro atoms. The molecule has 0 aliphatic carbocycles. The van der Waals surface area contributed by atoms with Gasteiger partial charge in [-0.05, 0) is 41.9 Å². The van der Waals surface area contributed by atoms with Gasteiger partial charge in [-0.15, -0.1) is 0 Å². The van der Waals surface area contributed by atoms with Crippen LogP contribution in [0, 0.1) is 10.1 Å². The average molecular weight is 454 g/mol. The van der Waals surface area contributed by atoms with Crippen LogP contribution in [0.2, 0.25) is 5.02 Å². The van der Waals surface area contributed by atoms with E-state index < -0.39 is 25.9 Å². The fraction of sp³-hybridized carbons (Fsp3) is 0. The quantitative estimate of drug-likeness (QED) is 0.415. The standard InChI is InChI=1S/C13H7BrCl2N2O5S/c14-7-1-4-11(9(5-7)13(16)19)17-24(22,23)8-2-3-10(15)12(6-8)18(20)21/h1-6,17H. The van der Waals surface area contributed by atoms with Crippen molar-refractivity contribution < 1.29 is 18.1 Å². The highest BCUT2D eigenvalue weighted by atomic mass is 79.9. The normalized spacial score (nSPS) is 11.1. The molecule has 2 aromatic carbocycles. The molecule has 0 aromatic heterocycles. The fourth-order valence-corrected chi connectivity index (χ4v) is 3.57. The first-order valence-corrected chi connectivity index (χ1v) is 9.11. The Morgan fingerprint density at radius 2 is 1.88 bits per heavy atom. The SMILES string of the molecule is O=C(Cl)c1cc(Br)ccc1NS(=O)(=O)c1ccc(Cl)c([N+](=O)[O-])c1. The molecule has 0 atom stereocenters. The summed E-state index contributed by atoms with van der Waals surface area (Å²) in [5.41, 5.74) is -0.683. The smallest absolute Gasteiger partial charge is 0.279 e. The Morgan fingerprint density at radius 1 is 1.21 bits per heavy atom. The summed E-state index contributed by atoms with van der Waals surface area (Å²) in [5, 5.41) is 9.82. The van der Waals surface area contributed by atoms with Gasteiger partial charge in [0.15, 0.2) is 0 Å². The molecule has 126 valence electrons. The van der Waals surface area contributed by atoms with E-state index >= 15 is 0 Å². The van der Waals surface area contributed by atoms with Gasteiger partial charge >= 0.3 is 0 Å². The number of hydrogen-bond acceptors (Lipinski definition) is 5. The summed E-state index contributed by atoms with van der Waals surface area (Å²) >= 11 is 14.2. The summed E-state index contributed by atoms with van der Waals surface area (Å²) < 4.78 is 27.5. The lowest BCUT2D eigenvalue weighted by molar-refractivity contribution is -0.384. The van der Waals surface area contributed by atoms with Crippen molar-refractivity contribution >= 4 is 65.8 Å². The van der Waals surface area contributed by atoms with Gasteiger partial charge in [-0.25, -0.2) is 8.42 Å². The summed E-state index contributed by atoms with van der Waals surface area (Å²) in [4.78, 5) is 21.1. The molecule has 1 N–H and O–H groups in total. The van der Waals surface area contributed by atoms with Gasteiger partial charge in [0, 0.05) is 10.5 Å². The molecule has 24 heavy (non-hydrogen) atoms. The molecule has 0 amide bonds. The first kappa shape index (κ1) is 18.7. The van der Waals surface area contributed by atoms with Crippen LogP contribution < -0.4 is 4.72 Å². The van der Waals surface area contributed by atoms with Gasteiger partial charge in [-0.2, -0.15) is 0 Å². The number of anilines is 1. The number of rotatable bonds is 5. The number of hydrogen-bond donors (Lipinski definition) is 1. The maximum atomic E-state index is 12.4. The zero-order valence-corrected chi connectivity index (χ0v) is 15.4. The fourth-order valence-electron chi connectivity index (χ4n) is 1.77. The molecule has 2 rings (SSSR count). The number of nitrogens with zero attached hydrogens (tertiary/aromatic N) is 1. The Labute approximate surface area is 154 Å². The van der Waals surface area contributed by atoms with E-state index in [1.165, 1.54) is 18.2 Å². The van der Waals surface area contributed by atoms with Crippen LogP contribution in [0.1, 0.15) is 10.4 Å². The number of benzene rings is 2. The highest BCUT2D eigenvalue weighted by Crippen LogP contribution is 2.29. The monoisotopic (exact) mass is 452 g/mol. The third-order valence-corrected chi connectivity index (χ3v) is 5.24. The van der Waals surface area contributed by atoms with E-state index in [2.05, 4.69) is 20.7 Å². The number of carbonyl (C=O) groups excluding carboxylic acids is 1. The van der Waals surface area contributed by atoms with Gasteiger partial charge in [-0.1, -0.05) is 27.5 Å². The van der Waals surface area contributed by atoms with Crippen LogP contribution in [0.15, 0.2) is 45.8 Å². The highest BCUT2D eigenvalue weighted by Gasteiger charge is 2.22. The van der Waals surface area contributed by atoms with E-state index in [9.17, 15) is 23.3 Å². The first-order valence-electron chi connectivity index (χ1n) is 6.08. The number of nitro groups is 1. The van der Waals surface area contributed by atoms with Crippen molar-refractivity contribution in [1.82, 2.24) is 0 Å². The topological polar surface area (TPSA) is 106 Å². The predicted octanol–water partition coefficient (Wildman–Crippen LogP) is 4.19. The van der Waals surface area contributed by atoms with Crippen molar-refractivity contribution in [3.8, 4) is 0 Å². The van der Waals surface area contributed by atoms with Crippen LogP contribution >= 0.6 is 39.1 Å². The van der Waals surface area contributed by atoms with Gasteiger partial charge in [0.1, 0.15) is 5.02 Å². The average Bonchev–Trinajstić information content (AvgIpc) is 2.48. The minimum absolute atomic E-state index is 0.0594. The molecular weight excluding hydrogens is 447 g/mol. The van der Waals surface area contributed by atoms with Crippen LogP contribution in [-0.2, 0) is 10.0 Å². The molecule has 0 aliphatic rings. The van der Waals surface area contributed by atoms with Crippen LogP contribution in [0.5, 0.6) is 0 Å². The summed E-state index contributed by atoms with van der Waals surface area (Å²) in [6.07, 6.45) is 0. The predicted molar refractivity (Wildman–Crippen MR) is 93.2 cm³/mol. The molecule has 11 heteroatoms. The Morgan fingerprint density at radius 3 is 2.46 bits per heavy atom. The molecule has 0 saturated carbocycles. The van der Waals surface area contributed by atoms with Crippen molar-refractivity contribution in [2.75, 3.05) is 4.72 Å². The maximum Gasteiger partial charge on any atom is 0.289 e. The Kier molecular flexibility index (Phi) is 5.49. The first-order chi connectivity index (χ1) is 11.1. The van der Waals surface area contributed by atoms with E-state index in [0.29, 0.717) is 4.47 Å². The van der Waals surface area contributed by atoms with Gasteiger partial charge in [0.2, 0.25) is 0 Å². The Balaban J connectivity index is 2.49. The molecule has 0 bridgehead atoms. The number of nitrogens with one attached hydrogen (secondary N) is 1. The van der Waals surface area contributed by atoms with Crippen molar-refractivity contribution in [3.05, 3.63) is 61.6 Å². The van der Waals surface area contributed by atoms with Crippen LogP contribution in [0.4, 0.5) is 11.4 Å². The van der Waals surface area contributed by atoms with Gasteiger partial charge in [0.25, 0.3) is 21.0 Å². The third-order valence-electron chi connectivity index (χ3n) is 2.86. The lowest BCUT2D eigenvalue weighted by atomic mass is 10.2. The number of sulfonamides is 1. The van der Waals surface area contributed by atoms with Gasteiger partial charge < -0.3 is 0 Å². The van der Waals surface area contributed by atoms with Gasteiger partial charge in [-0.3, -0.25) is 19.6 Å². The lowest BCUT2D eigenvalue weighted by Crippen LogP contribution is -2.15. The van der Waals surface area contributed by atoms with Crippen molar-refractivity contribution in [3.63, 3.8) is 0 Å². The molecule has 0 radical (unpaired) electrons. The molecule has 0 aliphatic heterocycles. The highest BCUT2D eigenvalue weighted by molar-refractivity contribution is 9.10. The number of nitro benzene ring substituents is 1. The molecule has 0 heterocycles. The summed E-state index contributed by atoms with van der Waals surface area (Å²) in [6, 6.07) is 7.22. The van der Waals surface area contributed by atoms with E-state index in [1.54, 1.807) is 0 Å². The Hall–Kier alpha value is -1.68. The van der Waals surface area contributed by atoms with E-state index in [4.69, 9.17) is 23.2 Å². The van der Waals surface area contributed by atoms with Crippen LogP contribution in [0.3, 0.4) is 0 Å². The Bertz CT molecular complexity index is 949. The van der Waals surface area contributed by atoms with Crippen molar-refractivity contribution in [2.24, 2.45) is 0 Å². The summed E-state index contributed by atoms with van der Waals surface area (Å²) in [6.45, 7) is 0. The number of halogens is 3. The zero-order valence-electron chi connectivity index (χ0n) is 11.5. The largest absolute Gasteiger partial charge is 0.289 e. The number of carbonyl (C=O) groups is 1. The minimum atomic E-state index is -4.19.